The third-order valence-electron chi connectivity index (χ3n) is 5.67. The number of carbonyl (C=O) groups excluding carboxylic acids is 1. The summed E-state index contributed by atoms with van der Waals surface area (Å²) >= 11 is 3.51. The Labute approximate surface area is 190 Å². The van der Waals surface area contributed by atoms with E-state index in [1.807, 2.05) is 6.07 Å². The number of rotatable bonds is 5. The molecule has 0 aromatic heterocycles. The Kier molecular flexibility index (Phi) is 6.68. The number of ether oxygens (including phenoxy) is 1. The van der Waals surface area contributed by atoms with Gasteiger partial charge in [0, 0.05) is 36.2 Å². The van der Waals surface area contributed by atoms with E-state index in [2.05, 4.69) is 69.4 Å². The van der Waals surface area contributed by atoms with Crippen molar-refractivity contribution >= 4 is 21.8 Å². The molecule has 4 nitrogen and oxygen atoms in total. The number of carbonyl (C=O) groups is 1. The lowest BCUT2D eigenvalue weighted by Crippen LogP contribution is -2.49. The minimum Gasteiger partial charge on any atom is -0.494 e. The maximum absolute atomic E-state index is 14.0. The van der Waals surface area contributed by atoms with Crippen LogP contribution < -0.4 is 4.74 Å². The summed E-state index contributed by atoms with van der Waals surface area (Å²) in [6.45, 7) is 2.65. The quantitative estimate of drug-likeness (QED) is 0.504. The standard InChI is InChI=1S/C25H24BrFN2O2/c1-31-23-12-9-20(17-22(23)27)25(30)29-15-13-28(14-16-29)24(18-5-3-2-4-6-18)19-7-10-21(26)11-8-19/h2-12,17,24H,13-16H2,1H3/t24-/m0/s1. The van der Waals surface area contributed by atoms with Crippen LogP contribution in [0.5, 0.6) is 5.75 Å². The van der Waals surface area contributed by atoms with E-state index in [0.29, 0.717) is 18.7 Å². The maximum Gasteiger partial charge on any atom is 0.254 e. The molecular formula is C25H24BrFN2O2. The van der Waals surface area contributed by atoms with Gasteiger partial charge in [-0.1, -0.05) is 58.4 Å². The van der Waals surface area contributed by atoms with E-state index in [1.165, 1.54) is 30.4 Å². The summed E-state index contributed by atoms with van der Waals surface area (Å²) in [4.78, 5) is 17.1. The van der Waals surface area contributed by atoms with Crippen molar-refractivity contribution in [2.75, 3.05) is 33.3 Å². The lowest BCUT2D eigenvalue weighted by molar-refractivity contribution is 0.0597. The normalized spacial score (nSPS) is 15.5. The molecule has 1 amide bonds. The summed E-state index contributed by atoms with van der Waals surface area (Å²) in [7, 11) is 1.41. The van der Waals surface area contributed by atoms with Gasteiger partial charge in [0.05, 0.1) is 13.2 Å². The summed E-state index contributed by atoms with van der Waals surface area (Å²) in [6.07, 6.45) is 0. The molecule has 0 unspecified atom stereocenters. The van der Waals surface area contributed by atoms with Crippen LogP contribution >= 0.6 is 15.9 Å². The Hall–Kier alpha value is -2.70. The van der Waals surface area contributed by atoms with Crippen LogP contribution in [-0.2, 0) is 0 Å². The van der Waals surface area contributed by atoms with Crippen LogP contribution in [0.4, 0.5) is 4.39 Å². The maximum atomic E-state index is 14.0. The van der Waals surface area contributed by atoms with Gasteiger partial charge in [-0.2, -0.15) is 0 Å². The Bertz CT molecular complexity index is 1040. The van der Waals surface area contributed by atoms with E-state index in [1.54, 1.807) is 11.0 Å². The Morgan fingerprint density at radius 1 is 0.935 bits per heavy atom. The number of methoxy groups -OCH3 is 1. The lowest BCUT2D eigenvalue weighted by Gasteiger charge is -2.40. The highest BCUT2D eigenvalue weighted by Crippen LogP contribution is 2.30. The van der Waals surface area contributed by atoms with E-state index in [4.69, 9.17) is 4.74 Å². The third kappa shape index (κ3) is 4.81. The second kappa shape index (κ2) is 9.62. The Balaban J connectivity index is 1.50. The molecule has 160 valence electrons. The summed E-state index contributed by atoms with van der Waals surface area (Å²) in [5.41, 5.74) is 2.78. The van der Waals surface area contributed by atoms with Gasteiger partial charge in [0.15, 0.2) is 11.6 Å². The molecule has 1 fully saturated rings. The minimum absolute atomic E-state index is 0.116. The van der Waals surface area contributed by atoms with Crippen LogP contribution in [0.25, 0.3) is 0 Å². The molecule has 0 N–H and O–H groups in total. The highest BCUT2D eigenvalue weighted by atomic mass is 79.9. The Morgan fingerprint density at radius 3 is 2.19 bits per heavy atom. The van der Waals surface area contributed by atoms with Crippen LogP contribution in [0, 0.1) is 5.82 Å². The van der Waals surface area contributed by atoms with Gasteiger partial charge in [0.25, 0.3) is 5.91 Å². The highest BCUT2D eigenvalue weighted by molar-refractivity contribution is 9.10. The fourth-order valence-corrected chi connectivity index (χ4v) is 4.32. The van der Waals surface area contributed by atoms with Crippen LogP contribution in [0.3, 0.4) is 0 Å². The molecule has 4 rings (SSSR count). The smallest absolute Gasteiger partial charge is 0.254 e. The van der Waals surface area contributed by atoms with Crippen molar-refractivity contribution in [1.29, 1.82) is 0 Å². The number of benzene rings is 3. The molecule has 1 heterocycles. The number of hydrogen-bond acceptors (Lipinski definition) is 3. The molecule has 3 aromatic rings. The first-order valence-corrected chi connectivity index (χ1v) is 11.0. The molecule has 1 aliphatic rings. The number of halogens is 2. The Morgan fingerprint density at radius 2 is 1.58 bits per heavy atom. The first-order chi connectivity index (χ1) is 15.1. The van der Waals surface area contributed by atoms with Gasteiger partial charge in [-0.3, -0.25) is 9.69 Å². The molecule has 0 bridgehead atoms. The van der Waals surface area contributed by atoms with E-state index in [-0.39, 0.29) is 17.7 Å². The van der Waals surface area contributed by atoms with E-state index in [0.717, 1.165) is 17.6 Å². The van der Waals surface area contributed by atoms with Crippen molar-refractivity contribution in [1.82, 2.24) is 9.80 Å². The van der Waals surface area contributed by atoms with Gasteiger partial charge >= 0.3 is 0 Å². The van der Waals surface area contributed by atoms with Crippen molar-refractivity contribution in [2.24, 2.45) is 0 Å². The SMILES string of the molecule is COc1ccc(C(=O)N2CCN([C@@H](c3ccccc3)c3ccc(Br)cc3)CC2)cc1F. The molecule has 1 saturated heterocycles. The van der Waals surface area contributed by atoms with Gasteiger partial charge in [-0.25, -0.2) is 4.39 Å². The molecule has 3 aromatic carbocycles. The molecule has 1 aliphatic heterocycles. The van der Waals surface area contributed by atoms with Gasteiger partial charge in [0.2, 0.25) is 0 Å². The third-order valence-corrected chi connectivity index (χ3v) is 6.20. The fourth-order valence-electron chi connectivity index (χ4n) is 4.06. The summed E-state index contributed by atoms with van der Waals surface area (Å²) in [5.74, 6) is -0.533. The molecular weight excluding hydrogens is 459 g/mol. The first-order valence-electron chi connectivity index (χ1n) is 10.2. The molecule has 0 saturated carbocycles. The van der Waals surface area contributed by atoms with Crippen LogP contribution in [0.15, 0.2) is 77.3 Å². The molecule has 0 spiro atoms. The van der Waals surface area contributed by atoms with Crippen LogP contribution in [0.1, 0.15) is 27.5 Å². The molecule has 31 heavy (non-hydrogen) atoms. The van der Waals surface area contributed by atoms with Crippen molar-refractivity contribution in [3.8, 4) is 5.75 Å². The van der Waals surface area contributed by atoms with Gasteiger partial charge < -0.3 is 9.64 Å². The van der Waals surface area contributed by atoms with E-state index >= 15 is 0 Å². The predicted octanol–water partition coefficient (Wildman–Crippen LogP) is 5.14. The second-order valence-corrected chi connectivity index (χ2v) is 8.46. The zero-order chi connectivity index (χ0) is 21.8. The van der Waals surface area contributed by atoms with Gasteiger partial charge in [-0.05, 0) is 41.5 Å². The van der Waals surface area contributed by atoms with Crippen LogP contribution in [-0.4, -0.2) is 49.0 Å². The monoisotopic (exact) mass is 482 g/mol. The van der Waals surface area contributed by atoms with Crippen molar-refractivity contribution in [3.05, 3.63) is 99.8 Å². The summed E-state index contributed by atoms with van der Waals surface area (Å²) in [5, 5.41) is 0. The van der Waals surface area contributed by atoms with Crippen molar-refractivity contribution < 1.29 is 13.9 Å². The number of nitrogens with zero attached hydrogens (tertiary/aromatic N) is 2. The zero-order valence-electron chi connectivity index (χ0n) is 17.3. The van der Waals surface area contributed by atoms with Crippen molar-refractivity contribution in [3.63, 3.8) is 0 Å². The largest absolute Gasteiger partial charge is 0.494 e. The molecule has 6 heteroatoms. The molecule has 1 atom stereocenters. The molecule has 0 aliphatic carbocycles. The minimum atomic E-state index is -0.522. The predicted molar refractivity (Wildman–Crippen MR) is 123 cm³/mol. The second-order valence-electron chi connectivity index (χ2n) is 7.54. The zero-order valence-corrected chi connectivity index (χ0v) is 18.9. The van der Waals surface area contributed by atoms with Gasteiger partial charge in [0.1, 0.15) is 0 Å². The molecule has 0 radical (unpaired) electrons. The van der Waals surface area contributed by atoms with Crippen molar-refractivity contribution in [2.45, 2.75) is 6.04 Å². The summed E-state index contributed by atoms with van der Waals surface area (Å²) < 4.78 is 20.0. The average Bonchev–Trinajstić information content (AvgIpc) is 2.81. The number of hydrogen-bond donors (Lipinski definition) is 0. The lowest BCUT2D eigenvalue weighted by atomic mass is 9.96. The average molecular weight is 483 g/mol. The van der Waals surface area contributed by atoms with Gasteiger partial charge in [-0.15, -0.1) is 0 Å². The van der Waals surface area contributed by atoms with Crippen LogP contribution in [0.2, 0.25) is 0 Å². The number of piperazine rings is 1. The van der Waals surface area contributed by atoms with E-state index in [9.17, 15) is 9.18 Å². The van der Waals surface area contributed by atoms with E-state index < -0.39 is 5.82 Å². The fraction of sp³-hybridized carbons (Fsp3) is 0.240. The summed E-state index contributed by atoms with van der Waals surface area (Å²) in [6, 6.07) is 23.3. The number of amides is 1. The topological polar surface area (TPSA) is 32.8 Å². The highest BCUT2D eigenvalue weighted by Gasteiger charge is 2.28. The first kappa shape index (κ1) is 21.5.